The fraction of sp³-hybridized carbons (Fsp3) is 0.188. The summed E-state index contributed by atoms with van der Waals surface area (Å²) in [5.74, 6) is 1.45. The number of ether oxygens (including phenoxy) is 2. The van der Waals surface area contributed by atoms with Gasteiger partial charge in [-0.25, -0.2) is 4.79 Å². The summed E-state index contributed by atoms with van der Waals surface area (Å²) in [7, 11) is 3.25. The van der Waals surface area contributed by atoms with Gasteiger partial charge >= 0.3 is 5.63 Å². The largest absolute Gasteiger partial charge is 0.497 e. The highest BCUT2D eigenvalue weighted by Crippen LogP contribution is 2.41. The van der Waals surface area contributed by atoms with Crippen LogP contribution in [-0.2, 0) is 6.54 Å². The molecule has 0 atom stereocenters. The van der Waals surface area contributed by atoms with Crippen LogP contribution in [-0.4, -0.2) is 19.0 Å². The minimum absolute atomic E-state index is 0.314. The molecule has 2 aromatic carbocycles. The maximum Gasteiger partial charge on any atom is 0.365 e. The summed E-state index contributed by atoms with van der Waals surface area (Å²) in [6, 6.07) is 9.42. The standard InChI is InChI=1S/C16H13NO4/c1-19-9-6-12-10-4-3-5-11-15(10)17(21-16(11)18)8-13(12)14(7-9)20-2/h3-7H,8H2,1-2H3. The van der Waals surface area contributed by atoms with Gasteiger partial charge in [-0.2, -0.15) is 4.74 Å². The van der Waals surface area contributed by atoms with Crippen LogP contribution in [0.4, 0.5) is 0 Å². The second-order valence-corrected chi connectivity index (χ2v) is 4.97. The van der Waals surface area contributed by atoms with Gasteiger partial charge in [-0.15, -0.1) is 0 Å². The second-order valence-electron chi connectivity index (χ2n) is 4.97. The first-order chi connectivity index (χ1) is 10.2. The molecule has 21 heavy (non-hydrogen) atoms. The van der Waals surface area contributed by atoms with Crippen LogP contribution in [0.5, 0.6) is 11.5 Å². The highest BCUT2D eigenvalue weighted by Gasteiger charge is 2.25. The van der Waals surface area contributed by atoms with Crippen molar-refractivity contribution in [3.63, 3.8) is 0 Å². The number of fused-ring (bicyclic) bond motifs is 2. The Morgan fingerprint density at radius 3 is 2.76 bits per heavy atom. The predicted molar refractivity (Wildman–Crippen MR) is 78.1 cm³/mol. The molecule has 0 aliphatic carbocycles. The molecule has 2 heterocycles. The zero-order valence-corrected chi connectivity index (χ0v) is 11.7. The highest BCUT2D eigenvalue weighted by molar-refractivity contribution is 5.96. The molecule has 0 fully saturated rings. The van der Waals surface area contributed by atoms with Crippen LogP contribution < -0.4 is 15.1 Å². The molecule has 0 bridgehead atoms. The lowest BCUT2D eigenvalue weighted by molar-refractivity contribution is 0.273. The molecule has 1 aliphatic rings. The summed E-state index contributed by atoms with van der Waals surface area (Å²) in [5, 5.41) is 0.597. The smallest absolute Gasteiger partial charge is 0.365 e. The van der Waals surface area contributed by atoms with E-state index in [2.05, 4.69) is 0 Å². The molecule has 0 spiro atoms. The van der Waals surface area contributed by atoms with Crippen molar-refractivity contribution in [1.82, 2.24) is 4.74 Å². The number of hydrogen-bond acceptors (Lipinski definition) is 4. The van der Waals surface area contributed by atoms with Gasteiger partial charge in [0.15, 0.2) is 0 Å². The summed E-state index contributed by atoms with van der Waals surface area (Å²) in [5.41, 5.74) is 3.46. The van der Waals surface area contributed by atoms with Gasteiger partial charge in [0.05, 0.1) is 31.7 Å². The Kier molecular flexibility index (Phi) is 2.39. The lowest BCUT2D eigenvalue weighted by Crippen LogP contribution is -2.08. The minimum Gasteiger partial charge on any atom is -0.497 e. The second kappa shape index (κ2) is 4.15. The summed E-state index contributed by atoms with van der Waals surface area (Å²) >= 11 is 0. The van der Waals surface area contributed by atoms with Gasteiger partial charge in [-0.1, -0.05) is 12.1 Å². The molecule has 0 unspecified atom stereocenters. The van der Waals surface area contributed by atoms with E-state index in [0.717, 1.165) is 33.7 Å². The molecule has 0 N–H and O–H groups in total. The van der Waals surface area contributed by atoms with Gasteiger partial charge in [0, 0.05) is 17.2 Å². The zero-order valence-electron chi connectivity index (χ0n) is 11.7. The Morgan fingerprint density at radius 1 is 1.14 bits per heavy atom. The van der Waals surface area contributed by atoms with Crippen LogP contribution in [0.1, 0.15) is 5.56 Å². The van der Waals surface area contributed by atoms with E-state index in [1.54, 1.807) is 25.0 Å². The summed E-state index contributed by atoms with van der Waals surface area (Å²) in [6.45, 7) is 0.470. The van der Waals surface area contributed by atoms with Crippen LogP contribution in [0.3, 0.4) is 0 Å². The van der Waals surface area contributed by atoms with Crippen molar-refractivity contribution in [3.05, 3.63) is 46.3 Å². The van der Waals surface area contributed by atoms with Crippen molar-refractivity contribution >= 4 is 10.9 Å². The lowest BCUT2D eigenvalue weighted by atomic mass is 9.94. The third kappa shape index (κ3) is 1.54. The molecule has 4 rings (SSSR count). The number of para-hydroxylation sites is 1. The third-order valence-corrected chi connectivity index (χ3v) is 3.93. The molecule has 106 valence electrons. The number of aromatic nitrogens is 1. The fourth-order valence-electron chi connectivity index (χ4n) is 2.97. The third-order valence-electron chi connectivity index (χ3n) is 3.93. The van der Waals surface area contributed by atoms with Crippen LogP contribution in [0.2, 0.25) is 0 Å². The van der Waals surface area contributed by atoms with E-state index in [9.17, 15) is 4.79 Å². The Balaban J connectivity index is 2.13. The monoisotopic (exact) mass is 283 g/mol. The Bertz CT molecular complexity index is 920. The average molecular weight is 283 g/mol. The van der Waals surface area contributed by atoms with E-state index >= 15 is 0 Å². The molecule has 0 amide bonds. The van der Waals surface area contributed by atoms with Crippen LogP contribution in [0.15, 0.2) is 39.6 Å². The highest BCUT2D eigenvalue weighted by atomic mass is 16.5. The van der Waals surface area contributed by atoms with Crippen molar-refractivity contribution < 1.29 is 14.0 Å². The summed E-state index contributed by atoms with van der Waals surface area (Å²) in [4.78, 5) is 11.9. The van der Waals surface area contributed by atoms with Gasteiger partial charge in [-0.05, 0) is 17.7 Å². The van der Waals surface area contributed by atoms with E-state index in [0.29, 0.717) is 11.9 Å². The van der Waals surface area contributed by atoms with Crippen molar-refractivity contribution in [2.75, 3.05) is 14.2 Å². The molecule has 5 nitrogen and oxygen atoms in total. The lowest BCUT2D eigenvalue weighted by Gasteiger charge is -2.21. The van der Waals surface area contributed by atoms with Crippen LogP contribution >= 0.6 is 0 Å². The van der Waals surface area contributed by atoms with E-state index in [-0.39, 0.29) is 5.63 Å². The normalized spacial score (nSPS) is 12.3. The molecule has 3 aromatic rings. The molecular weight excluding hydrogens is 270 g/mol. The maximum atomic E-state index is 11.9. The van der Waals surface area contributed by atoms with Gasteiger partial charge in [-0.3, -0.25) is 0 Å². The van der Waals surface area contributed by atoms with E-state index in [4.69, 9.17) is 14.0 Å². The molecule has 5 heteroatoms. The predicted octanol–water partition coefficient (Wildman–Crippen LogP) is 2.64. The molecule has 0 saturated heterocycles. The summed E-state index contributed by atoms with van der Waals surface area (Å²) < 4.78 is 17.8. The number of benzene rings is 2. The van der Waals surface area contributed by atoms with E-state index in [1.165, 1.54) is 0 Å². The number of methoxy groups -OCH3 is 2. The molecular formula is C16H13NO4. The Hall–Kier alpha value is -2.69. The van der Waals surface area contributed by atoms with E-state index < -0.39 is 0 Å². The topological polar surface area (TPSA) is 53.6 Å². The minimum atomic E-state index is -0.314. The maximum absolute atomic E-state index is 11.9. The Morgan fingerprint density at radius 2 is 2.00 bits per heavy atom. The van der Waals surface area contributed by atoms with Gasteiger partial charge in [0.1, 0.15) is 11.5 Å². The zero-order chi connectivity index (χ0) is 14.6. The number of rotatable bonds is 2. The van der Waals surface area contributed by atoms with E-state index in [1.807, 2.05) is 24.3 Å². The molecule has 1 aliphatic heterocycles. The van der Waals surface area contributed by atoms with Gasteiger partial charge in [0.25, 0.3) is 0 Å². The first kappa shape index (κ1) is 12.1. The molecule has 0 saturated carbocycles. The summed E-state index contributed by atoms with van der Waals surface area (Å²) in [6.07, 6.45) is 0. The molecule has 0 radical (unpaired) electrons. The van der Waals surface area contributed by atoms with Crippen molar-refractivity contribution in [2.45, 2.75) is 6.54 Å². The van der Waals surface area contributed by atoms with Crippen molar-refractivity contribution in [2.24, 2.45) is 0 Å². The average Bonchev–Trinajstić information content (AvgIpc) is 2.84. The van der Waals surface area contributed by atoms with Crippen molar-refractivity contribution in [3.8, 4) is 22.6 Å². The SMILES string of the molecule is COc1cc(OC)c2c(c1)-c1cccc3c(=O)on(c13)C2. The fourth-order valence-corrected chi connectivity index (χ4v) is 2.97. The van der Waals surface area contributed by atoms with Gasteiger partial charge < -0.3 is 14.0 Å². The first-order valence-electron chi connectivity index (χ1n) is 6.61. The first-order valence-corrected chi connectivity index (χ1v) is 6.61. The quantitative estimate of drug-likeness (QED) is 0.567. The van der Waals surface area contributed by atoms with Gasteiger partial charge in [0.2, 0.25) is 0 Å². The number of nitrogens with zero attached hydrogens (tertiary/aromatic N) is 1. The van der Waals surface area contributed by atoms with Crippen LogP contribution in [0, 0.1) is 0 Å². The van der Waals surface area contributed by atoms with Crippen LogP contribution in [0.25, 0.3) is 22.0 Å². The molecule has 1 aromatic heterocycles. The number of hydrogen-bond donors (Lipinski definition) is 0. The van der Waals surface area contributed by atoms with Crippen molar-refractivity contribution in [1.29, 1.82) is 0 Å². The Labute approximate surface area is 120 Å².